The first-order chi connectivity index (χ1) is 12.2. The molecule has 0 saturated carbocycles. The number of likely N-dealkylation sites (tertiary alicyclic amines) is 2. The van der Waals surface area contributed by atoms with E-state index in [0.717, 1.165) is 0 Å². The molecule has 2 rings (SSSR count). The standard InChI is InChI=1S/C23H48N2.2BrH/c1-3-5-16-24(18-10-7-11-19-24)22-14-9-15-23-25(17-6-4-2)20-12-8-13-21-25;;/h3-23H2,1-2H3;2*1H/q+2;;/p-2. The molecule has 0 bridgehead atoms. The maximum atomic E-state index is 2.36. The van der Waals surface area contributed by atoms with Crippen LogP contribution in [0.1, 0.15) is 97.3 Å². The molecule has 0 aromatic heterocycles. The van der Waals surface area contributed by atoms with E-state index < -0.39 is 0 Å². The maximum absolute atomic E-state index is 2.36. The third-order valence-corrected chi connectivity index (χ3v) is 7.27. The minimum atomic E-state index is 0. The molecule has 0 aliphatic carbocycles. The SMILES string of the molecule is CCCC[N+]1(CCCCC[N+]2(CCCC)CCCCC2)CCCCC1.[Br-].[Br-]. The molecule has 2 fully saturated rings. The fourth-order valence-electron chi connectivity index (χ4n) is 5.54. The molecule has 2 saturated heterocycles. The van der Waals surface area contributed by atoms with Gasteiger partial charge in [-0.05, 0) is 70.6 Å². The fraction of sp³-hybridized carbons (Fsp3) is 1.00. The normalized spacial score (nSPS) is 21.1. The zero-order valence-electron chi connectivity index (χ0n) is 18.5. The molecule has 0 aromatic carbocycles. The highest BCUT2D eigenvalue weighted by molar-refractivity contribution is 4.58. The van der Waals surface area contributed by atoms with Gasteiger partial charge in [0.15, 0.2) is 0 Å². The number of halogens is 2. The number of rotatable bonds is 12. The van der Waals surface area contributed by atoms with E-state index >= 15 is 0 Å². The number of nitrogens with zero attached hydrogens (tertiary/aromatic N) is 2. The largest absolute Gasteiger partial charge is 1.00 e. The van der Waals surface area contributed by atoms with E-state index in [-0.39, 0.29) is 34.0 Å². The van der Waals surface area contributed by atoms with Crippen LogP contribution in [0.3, 0.4) is 0 Å². The lowest BCUT2D eigenvalue weighted by Gasteiger charge is -2.43. The van der Waals surface area contributed by atoms with Crippen molar-refractivity contribution in [1.29, 1.82) is 0 Å². The molecule has 0 N–H and O–H groups in total. The molecule has 0 amide bonds. The molecule has 0 radical (unpaired) electrons. The quantitative estimate of drug-likeness (QED) is 0.251. The summed E-state index contributed by atoms with van der Waals surface area (Å²) < 4.78 is 2.95. The lowest BCUT2D eigenvalue weighted by atomic mass is 10.0. The van der Waals surface area contributed by atoms with Crippen molar-refractivity contribution in [2.75, 3.05) is 52.4 Å². The Balaban J connectivity index is 0.00000338. The summed E-state index contributed by atoms with van der Waals surface area (Å²) in [7, 11) is 0. The summed E-state index contributed by atoms with van der Waals surface area (Å²) >= 11 is 0. The second kappa shape index (κ2) is 15.7. The van der Waals surface area contributed by atoms with E-state index in [0.29, 0.717) is 0 Å². The smallest absolute Gasteiger partial charge is 0.0786 e. The highest BCUT2D eigenvalue weighted by Gasteiger charge is 2.30. The highest BCUT2D eigenvalue weighted by Crippen LogP contribution is 2.24. The van der Waals surface area contributed by atoms with Crippen molar-refractivity contribution >= 4 is 0 Å². The highest BCUT2D eigenvalue weighted by atomic mass is 79.9. The van der Waals surface area contributed by atoms with Crippen LogP contribution < -0.4 is 34.0 Å². The topological polar surface area (TPSA) is 0 Å². The van der Waals surface area contributed by atoms with Crippen LogP contribution in [-0.2, 0) is 0 Å². The van der Waals surface area contributed by atoms with Crippen molar-refractivity contribution in [3.05, 3.63) is 0 Å². The van der Waals surface area contributed by atoms with Crippen molar-refractivity contribution in [3.63, 3.8) is 0 Å². The molecule has 0 spiro atoms. The number of unbranched alkanes of at least 4 members (excludes halogenated alkanes) is 4. The van der Waals surface area contributed by atoms with E-state index in [9.17, 15) is 0 Å². The molecular formula is C23H48Br2N2. The van der Waals surface area contributed by atoms with Crippen LogP contribution in [0.4, 0.5) is 0 Å². The predicted molar refractivity (Wildman–Crippen MR) is 111 cm³/mol. The Morgan fingerprint density at radius 1 is 0.444 bits per heavy atom. The van der Waals surface area contributed by atoms with Gasteiger partial charge in [-0.15, -0.1) is 0 Å². The first kappa shape index (κ1) is 27.9. The summed E-state index contributed by atoms with van der Waals surface area (Å²) in [6.07, 6.45) is 19.0. The number of quaternary nitrogens is 2. The lowest BCUT2D eigenvalue weighted by molar-refractivity contribution is -0.934. The van der Waals surface area contributed by atoms with E-state index in [4.69, 9.17) is 0 Å². The molecule has 164 valence electrons. The Morgan fingerprint density at radius 2 is 0.778 bits per heavy atom. The van der Waals surface area contributed by atoms with Crippen LogP contribution in [-0.4, -0.2) is 61.3 Å². The zero-order chi connectivity index (χ0) is 17.8. The molecule has 0 aromatic rings. The lowest BCUT2D eigenvalue weighted by Crippen LogP contribution is -3.00. The molecule has 2 nitrogen and oxygen atoms in total. The third-order valence-electron chi connectivity index (χ3n) is 7.27. The Bertz CT molecular complexity index is 305. The van der Waals surface area contributed by atoms with Crippen LogP contribution in [0, 0.1) is 0 Å². The second-order valence-corrected chi connectivity index (χ2v) is 9.36. The second-order valence-electron chi connectivity index (χ2n) is 9.36. The maximum Gasteiger partial charge on any atom is 0.0786 e. The summed E-state index contributed by atoms with van der Waals surface area (Å²) in [4.78, 5) is 0. The first-order valence-corrected chi connectivity index (χ1v) is 11.9. The Labute approximate surface area is 192 Å². The van der Waals surface area contributed by atoms with Gasteiger partial charge in [-0.25, -0.2) is 0 Å². The molecule has 4 heteroatoms. The summed E-state index contributed by atoms with van der Waals surface area (Å²) in [5, 5.41) is 0. The van der Waals surface area contributed by atoms with E-state index in [2.05, 4.69) is 13.8 Å². The van der Waals surface area contributed by atoms with Crippen molar-refractivity contribution < 1.29 is 42.9 Å². The predicted octanol–water partition coefficient (Wildman–Crippen LogP) is -0.234. The van der Waals surface area contributed by atoms with Gasteiger partial charge in [0.2, 0.25) is 0 Å². The molecule has 0 unspecified atom stereocenters. The zero-order valence-corrected chi connectivity index (χ0v) is 21.7. The van der Waals surface area contributed by atoms with Crippen molar-refractivity contribution in [2.24, 2.45) is 0 Å². The first-order valence-electron chi connectivity index (χ1n) is 11.9. The van der Waals surface area contributed by atoms with Gasteiger partial charge in [0.05, 0.1) is 52.4 Å². The van der Waals surface area contributed by atoms with Gasteiger partial charge in [-0.3, -0.25) is 0 Å². The summed E-state index contributed by atoms with van der Waals surface area (Å²) in [5.41, 5.74) is 0. The molecule has 2 heterocycles. The Hall–Kier alpha value is 0.880. The monoisotopic (exact) mass is 510 g/mol. The van der Waals surface area contributed by atoms with Gasteiger partial charge < -0.3 is 42.9 Å². The van der Waals surface area contributed by atoms with Crippen molar-refractivity contribution in [3.8, 4) is 0 Å². The molecule has 2 aliphatic rings. The molecular weight excluding hydrogens is 464 g/mol. The Morgan fingerprint density at radius 3 is 1.11 bits per heavy atom. The van der Waals surface area contributed by atoms with Gasteiger partial charge in [-0.2, -0.15) is 0 Å². The summed E-state index contributed by atoms with van der Waals surface area (Å²) in [6.45, 7) is 16.5. The van der Waals surface area contributed by atoms with Crippen LogP contribution in [0.2, 0.25) is 0 Å². The van der Waals surface area contributed by atoms with Gasteiger partial charge in [0.1, 0.15) is 0 Å². The van der Waals surface area contributed by atoms with E-state index in [1.54, 1.807) is 0 Å². The van der Waals surface area contributed by atoms with E-state index in [1.807, 2.05) is 0 Å². The van der Waals surface area contributed by atoms with Gasteiger partial charge >= 0.3 is 0 Å². The van der Waals surface area contributed by atoms with Crippen molar-refractivity contribution in [2.45, 2.75) is 97.3 Å². The fourth-order valence-corrected chi connectivity index (χ4v) is 5.54. The van der Waals surface area contributed by atoms with Crippen LogP contribution in [0.15, 0.2) is 0 Å². The molecule has 2 aliphatic heterocycles. The van der Waals surface area contributed by atoms with Crippen LogP contribution in [0.5, 0.6) is 0 Å². The Kier molecular flexibility index (Phi) is 16.2. The van der Waals surface area contributed by atoms with Crippen molar-refractivity contribution in [1.82, 2.24) is 0 Å². The van der Waals surface area contributed by atoms with Crippen LogP contribution in [0.25, 0.3) is 0 Å². The average molecular weight is 512 g/mol. The van der Waals surface area contributed by atoms with Gasteiger partial charge in [-0.1, -0.05) is 26.7 Å². The van der Waals surface area contributed by atoms with E-state index in [1.165, 1.54) is 145 Å². The summed E-state index contributed by atoms with van der Waals surface area (Å²) in [5.74, 6) is 0. The van der Waals surface area contributed by atoms with Crippen LogP contribution >= 0.6 is 0 Å². The molecule has 27 heavy (non-hydrogen) atoms. The molecule has 0 atom stereocenters. The average Bonchev–Trinajstić information content (AvgIpc) is 2.66. The van der Waals surface area contributed by atoms with Gasteiger partial charge in [0, 0.05) is 0 Å². The number of hydrogen-bond donors (Lipinski definition) is 0. The number of piperidine rings is 2. The summed E-state index contributed by atoms with van der Waals surface area (Å²) in [6, 6.07) is 0. The minimum Gasteiger partial charge on any atom is -1.00 e. The van der Waals surface area contributed by atoms with Gasteiger partial charge in [0.25, 0.3) is 0 Å². The minimum absolute atomic E-state index is 0. The third kappa shape index (κ3) is 9.96. The number of hydrogen-bond acceptors (Lipinski definition) is 0.